The lowest BCUT2D eigenvalue weighted by atomic mass is 10.1. The molecule has 3 atom stereocenters. The minimum absolute atomic E-state index is 0. The Morgan fingerprint density at radius 1 is 0.443 bits per heavy atom. The van der Waals surface area contributed by atoms with Crippen molar-refractivity contribution in [2.45, 2.75) is 158 Å². The maximum Gasteiger partial charge on any atom is 0.227 e. The third kappa shape index (κ3) is 23.2. The average molecular weight is 1780 g/mol. The van der Waals surface area contributed by atoms with Crippen LogP contribution in [0.4, 0.5) is 63.8 Å². The molecule has 0 saturated carbocycles. The van der Waals surface area contributed by atoms with Crippen molar-refractivity contribution in [3.05, 3.63) is 200 Å². The number of hydrogen-bond acceptors (Lipinski definition) is 24. The smallest absolute Gasteiger partial charge is 0.227 e. The highest BCUT2D eigenvalue weighted by Crippen LogP contribution is 2.34. The molecule has 34 heteroatoms. The minimum Gasteiger partial charge on any atom is -0.458 e. The fourth-order valence-electron chi connectivity index (χ4n) is 11.5. The molecule has 115 heavy (non-hydrogen) atoms. The summed E-state index contributed by atoms with van der Waals surface area (Å²) < 4.78 is 113. The van der Waals surface area contributed by atoms with Crippen molar-refractivity contribution in [1.82, 2.24) is 58.7 Å². The van der Waals surface area contributed by atoms with Crippen LogP contribution in [0.15, 0.2) is 150 Å². The SMILES string of the molecule is C.C.C.Cc1ccc(-c2nc(N)nc3c(Nc4cccc(CO[C@H]5CCOC5)c4F)cnn23)o1.Cc1ccc(-c2nc(NC(C)(C)C)nc3c(N)cnn23)o1.Cc1ccc(-c2nc(NC(C)(C)C)nc3c(Nc4cccc(CO[C@H]5CCOC5)c4F)cnn23)o1.Fc1c(Br)cccc1CBr.Fc1c(Br)cccc1CO[C@H]1CCOC1. The fraction of sp³-hybridized carbons (Fsp3) is 0.370. The van der Waals surface area contributed by atoms with E-state index in [1.165, 1.54) is 4.52 Å². The number of furan rings is 3. The second-order valence-electron chi connectivity index (χ2n) is 28.3. The Kier molecular flexibility index (Phi) is 31.0. The first-order chi connectivity index (χ1) is 53.7. The van der Waals surface area contributed by atoms with Gasteiger partial charge in [0.2, 0.25) is 35.3 Å². The summed E-state index contributed by atoms with van der Waals surface area (Å²) in [5.74, 6) is 5.22. The first-order valence-electron chi connectivity index (χ1n) is 35.8. The lowest BCUT2D eigenvalue weighted by molar-refractivity contribution is 0.0304. The Balaban J connectivity index is 0.000000173. The Hall–Kier alpha value is -9.91. The summed E-state index contributed by atoms with van der Waals surface area (Å²) in [5, 5.41) is 26.3. The summed E-state index contributed by atoms with van der Waals surface area (Å²) in [6.45, 7) is 22.2. The van der Waals surface area contributed by atoms with Crippen LogP contribution < -0.4 is 32.7 Å². The standard InChI is InChI=1S/C25H29FN6O3.C21H21FN6O3.C14H18N6O.C11H12BrFO2.C7H5Br2F.3CH4/c1-15-8-9-20(35-15)23-30-24(31-25(2,3)4)29-22-19(12-27-32(22)23)28-18-7-5-6-16(21(18)26)13-34-17-10-11-33-14-17;1-12-5-6-17(31-12)20-27-21(23)26-19-16(9-24-28(19)20)25-15-4-2-3-13(18(15)22)10-30-14-7-8-29-11-14;1-8-5-6-10(21-8)12-18-13(19-14(2,3)4)17-11-9(15)7-16-20(11)12;12-10-3-1-2-8(11(10)13)6-15-9-4-5-14-7-9;8-4-5-2-1-3-6(9)7(5)10;;;/h5-9,12,17,28H,10-11,13-14H2,1-4H3,(H,29,31);2-6,9,14,25H,7-8,10-11H2,1H3,(H2,23,26);5-7H,15H2,1-4H3,(H,17,19);1-3,9H,4-7H2;1-3H,4H2;3*1H4/t17-;14-;;9-;;;;/m00.0..../s1. The van der Waals surface area contributed by atoms with Gasteiger partial charge in [0.1, 0.15) is 40.3 Å². The highest BCUT2D eigenvalue weighted by Gasteiger charge is 2.26. The number of alkyl halides is 1. The molecule has 0 amide bonds. The largest absolute Gasteiger partial charge is 0.458 e. The summed E-state index contributed by atoms with van der Waals surface area (Å²) in [4.78, 5) is 26.8. The van der Waals surface area contributed by atoms with Gasteiger partial charge in [-0.25, -0.2) is 17.6 Å². The predicted octanol–water partition coefficient (Wildman–Crippen LogP) is 19.3. The monoisotopic (exact) mass is 1780 g/mol. The number of fused-ring (bicyclic) bond motifs is 3. The van der Waals surface area contributed by atoms with E-state index in [2.05, 4.69) is 114 Å². The molecule has 4 aromatic carbocycles. The lowest BCUT2D eigenvalue weighted by Gasteiger charge is -2.20. The van der Waals surface area contributed by atoms with Gasteiger partial charge in [0.15, 0.2) is 45.9 Å². The highest BCUT2D eigenvalue weighted by molar-refractivity contribution is 9.10. The van der Waals surface area contributed by atoms with Gasteiger partial charge < -0.3 is 74.4 Å². The molecule has 8 N–H and O–H groups in total. The Morgan fingerprint density at radius 2 is 0.800 bits per heavy atom. The van der Waals surface area contributed by atoms with Gasteiger partial charge in [-0.2, -0.15) is 58.7 Å². The van der Waals surface area contributed by atoms with E-state index < -0.39 is 5.82 Å². The third-order valence-electron chi connectivity index (χ3n) is 17.0. The van der Waals surface area contributed by atoms with Crippen LogP contribution in [0.3, 0.4) is 0 Å². The molecule has 27 nitrogen and oxygen atoms in total. The van der Waals surface area contributed by atoms with Crippen molar-refractivity contribution in [2.24, 2.45) is 0 Å². The zero-order chi connectivity index (χ0) is 79.4. The van der Waals surface area contributed by atoms with Crippen LogP contribution in [0, 0.1) is 44.0 Å². The molecular formula is C81H97Br3F4N18O9. The first-order valence-corrected chi connectivity index (χ1v) is 38.6. The maximum absolute atomic E-state index is 15.3. The van der Waals surface area contributed by atoms with E-state index in [9.17, 15) is 8.78 Å². The van der Waals surface area contributed by atoms with Crippen LogP contribution in [-0.4, -0.2) is 128 Å². The quantitative estimate of drug-likeness (QED) is 0.0323. The Morgan fingerprint density at radius 3 is 1.17 bits per heavy atom. The number of rotatable bonds is 19. The Bertz CT molecular complexity index is 5350. The number of nitrogen functional groups attached to an aromatic ring is 2. The van der Waals surface area contributed by atoms with Gasteiger partial charge in [-0.3, -0.25) is 0 Å². The summed E-state index contributed by atoms with van der Waals surface area (Å²) >= 11 is 9.42. The zero-order valence-electron chi connectivity index (χ0n) is 62.9. The molecule has 13 aromatic rings. The predicted molar refractivity (Wildman–Crippen MR) is 448 cm³/mol. The number of nitrogens with one attached hydrogen (secondary N) is 4. The van der Waals surface area contributed by atoms with E-state index >= 15 is 8.78 Å². The molecule has 0 unspecified atom stereocenters. The first kappa shape index (κ1) is 89.0. The van der Waals surface area contributed by atoms with Crippen LogP contribution in [0.1, 0.15) is 123 Å². The lowest BCUT2D eigenvalue weighted by Crippen LogP contribution is -2.27. The molecule has 3 fully saturated rings. The number of aromatic nitrogens is 12. The molecule has 614 valence electrons. The molecule has 0 spiro atoms. The fourth-order valence-corrected chi connectivity index (χ4v) is 12.7. The number of benzene rings is 4. The summed E-state index contributed by atoms with van der Waals surface area (Å²) in [6, 6.07) is 31.8. The van der Waals surface area contributed by atoms with E-state index in [4.69, 9.17) is 53.1 Å². The van der Waals surface area contributed by atoms with Gasteiger partial charge in [0, 0.05) is 52.9 Å². The van der Waals surface area contributed by atoms with Gasteiger partial charge in [-0.05, 0) is 180 Å². The average Bonchev–Trinajstić information content (AvgIpc) is 1.66. The van der Waals surface area contributed by atoms with Crippen molar-refractivity contribution >= 4 is 111 Å². The highest BCUT2D eigenvalue weighted by atomic mass is 79.9. The molecule has 9 aromatic heterocycles. The number of aryl methyl sites for hydroxylation is 3. The van der Waals surface area contributed by atoms with E-state index in [0.717, 1.165) is 43.2 Å². The second kappa shape index (κ2) is 40.1. The third-order valence-corrected chi connectivity index (χ3v) is 18.8. The van der Waals surface area contributed by atoms with Gasteiger partial charge >= 0.3 is 0 Å². The summed E-state index contributed by atoms with van der Waals surface area (Å²) in [5.41, 5.74) is 17.1. The topological polar surface area (TPSA) is 324 Å². The number of nitrogens with zero attached hydrogens (tertiary/aromatic N) is 12. The molecule has 16 rings (SSSR count). The number of anilines is 8. The van der Waals surface area contributed by atoms with E-state index in [1.54, 1.807) is 100 Å². The van der Waals surface area contributed by atoms with Crippen LogP contribution in [0.2, 0.25) is 0 Å². The van der Waals surface area contributed by atoms with Crippen LogP contribution >= 0.6 is 47.8 Å². The van der Waals surface area contributed by atoms with E-state index in [1.807, 2.05) is 98.7 Å². The van der Waals surface area contributed by atoms with Crippen LogP contribution in [-0.2, 0) is 53.6 Å². The van der Waals surface area contributed by atoms with Crippen molar-refractivity contribution < 1.29 is 59.2 Å². The van der Waals surface area contributed by atoms with Crippen LogP contribution in [0.5, 0.6) is 0 Å². The second-order valence-corrected chi connectivity index (χ2v) is 30.6. The molecule has 3 aliphatic rings. The maximum atomic E-state index is 15.3. The van der Waals surface area contributed by atoms with Crippen LogP contribution in [0.25, 0.3) is 51.7 Å². The molecule has 0 bridgehead atoms. The molecule has 3 aliphatic heterocycles. The molecule has 0 aliphatic carbocycles. The molecule has 12 heterocycles. The summed E-state index contributed by atoms with van der Waals surface area (Å²) in [7, 11) is 0. The molecule has 0 radical (unpaired) electrons. The van der Waals surface area contributed by atoms with Crippen molar-refractivity contribution in [2.75, 3.05) is 72.4 Å². The van der Waals surface area contributed by atoms with Crippen molar-refractivity contribution in [3.8, 4) is 34.8 Å². The van der Waals surface area contributed by atoms with Crippen molar-refractivity contribution in [3.63, 3.8) is 0 Å². The number of nitrogens with two attached hydrogens (primary N) is 2. The number of hydrogen-bond donors (Lipinski definition) is 6. The minimum atomic E-state index is -0.398. The van der Waals surface area contributed by atoms with E-state index in [0.29, 0.717) is 163 Å². The number of ether oxygens (including phenoxy) is 6. The van der Waals surface area contributed by atoms with E-state index in [-0.39, 0.29) is 94.0 Å². The van der Waals surface area contributed by atoms with Gasteiger partial charge in [-0.15, -0.1) is 0 Å². The molecular weight excluding hydrogens is 1680 g/mol. The van der Waals surface area contributed by atoms with Gasteiger partial charge in [0.25, 0.3) is 0 Å². The zero-order valence-corrected chi connectivity index (χ0v) is 67.6. The molecule has 3 saturated heterocycles. The summed E-state index contributed by atoms with van der Waals surface area (Å²) in [6.07, 6.45) is 7.36. The Labute approximate surface area is 689 Å². The normalized spacial score (nSPS) is 15.1. The van der Waals surface area contributed by atoms with Gasteiger partial charge in [-0.1, -0.05) is 86.7 Å². The number of halogens is 7. The van der Waals surface area contributed by atoms with Gasteiger partial charge in [0.05, 0.1) is 103 Å². The van der Waals surface area contributed by atoms with Crippen molar-refractivity contribution in [1.29, 1.82) is 0 Å².